The highest BCUT2D eigenvalue weighted by molar-refractivity contribution is 6.74. The van der Waals surface area contributed by atoms with E-state index in [1.807, 2.05) is 6.92 Å². The molecule has 2 atom stereocenters. The Bertz CT molecular complexity index is 309. The summed E-state index contributed by atoms with van der Waals surface area (Å²) in [6.07, 6.45) is 1.21. The summed E-state index contributed by atoms with van der Waals surface area (Å²) in [6, 6.07) is 0. The first-order chi connectivity index (χ1) is 8.65. The van der Waals surface area contributed by atoms with E-state index in [-0.39, 0.29) is 23.2 Å². The Morgan fingerprint density at radius 1 is 1.37 bits per heavy atom. The van der Waals surface area contributed by atoms with E-state index in [9.17, 15) is 4.79 Å². The fourth-order valence-electron chi connectivity index (χ4n) is 1.90. The second-order valence-electron chi connectivity index (χ2n) is 6.70. The maximum Gasteiger partial charge on any atom is 0.308 e. The largest absolute Gasteiger partial charge is 0.466 e. The molecule has 1 heterocycles. The average molecular weight is 288 g/mol. The first-order valence-electron chi connectivity index (χ1n) is 7.10. The summed E-state index contributed by atoms with van der Waals surface area (Å²) in [5.41, 5.74) is 0. The van der Waals surface area contributed by atoms with Crippen molar-refractivity contribution in [3.8, 4) is 0 Å². The fourth-order valence-corrected chi connectivity index (χ4v) is 3.25. The van der Waals surface area contributed by atoms with E-state index in [0.29, 0.717) is 19.6 Å². The van der Waals surface area contributed by atoms with Gasteiger partial charge in [0.2, 0.25) is 0 Å². The van der Waals surface area contributed by atoms with Crippen LogP contribution in [0.1, 0.15) is 40.5 Å². The van der Waals surface area contributed by atoms with E-state index in [1.165, 1.54) is 0 Å². The molecule has 0 radical (unpaired) electrons. The summed E-state index contributed by atoms with van der Waals surface area (Å²) in [5.74, 6) is -0.180. The molecule has 1 aliphatic heterocycles. The molecule has 19 heavy (non-hydrogen) atoms. The standard InChI is InChI=1S/C14H28O4Si/c1-7-16-13(15)9-11-8-12(10-17-11)18-19(5,6)14(2,3)4/h11-12H,7-10H2,1-6H3/t11?,12-/m0/s1. The second-order valence-corrected chi connectivity index (χ2v) is 11.5. The summed E-state index contributed by atoms with van der Waals surface area (Å²) >= 11 is 0. The van der Waals surface area contributed by atoms with E-state index >= 15 is 0 Å². The lowest BCUT2D eigenvalue weighted by Gasteiger charge is -2.38. The van der Waals surface area contributed by atoms with Crippen molar-refractivity contribution in [3.05, 3.63) is 0 Å². The summed E-state index contributed by atoms with van der Waals surface area (Å²) in [4.78, 5) is 11.4. The van der Waals surface area contributed by atoms with Gasteiger partial charge in [-0.2, -0.15) is 0 Å². The fraction of sp³-hybridized carbons (Fsp3) is 0.929. The maximum absolute atomic E-state index is 11.4. The van der Waals surface area contributed by atoms with Crippen molar-refractivity contribution in [2.75, 3.05) is 13.2 Å². The lowest BCUT2D eigenvalue weighted by molar-refractivity contribution is -0.145. The van der Waals surface area contributed by atoms with Crippen molar-refractivity contribution in [1.29, 1.82) is 0 Å². The predicted octanol–water partition coefficient (Wildman–Crippen LogP) is 3.12. The number of carbonyl (C=O) groups excluding carboxylic acids is 1. The Labute approximate surface area is 117 Å². The Hall–Kier alpha value is -0.393. The van der Waals surface area contributed by atoms with E-state index in [1.54, 1.807) is 0 Å². The quantitative estimate of drug-likeness (QED) is 0.576. The van der Waals surface area contributed by atoms with E-state index in [2.05, 4.69) is 33.9 Å². The van der Waals surface area contributed by atoms with Gasteiger partial charge in [-0.1, -0.05) is 20.8 Å². The van der Waals surface area contributed by atoms with Gasteiger partial charge in [-0.05, 0) is 25.1 Å². The summed E-state index contributed by atoms with van der Waals surface area (Å²) in [6.45, 7) is 14.0. The molecular weight excluding hydrogens is 260 g/mol. The lowest BCUT2D eigenvalue weighted by Crippen LogP contribution is -2.44. The van der Waals surface area contributed by atoms with Crippen molar-refractivity contribution in [2.45, 2.75) is 70.9 Å². The van der Waals surface area contributed by atoms with Gasteiger partial charge < -0.3 is 13.9 Å². The van der Waals surface area contributed by atoms with Gasteiger partial charge in [0.1, 0.15) is 0 Å². The van der Waals surface area contributed by atoms with Gasteiger partial charge in [-0.15, -0.1) is 0 Å². The van der Waals surface area contributed by atoms with Gasteiger partial charge in [-0.3, -0.25) is 4.79 Å². The van der Waals surface area contributed by atoms with Crippen LogP contribution >= 0.6 is 0 Å². The molecule has 0 aromatic carbocycles. The van der Waals surface area contributed by atoms with Crippen LogP contribution in [0.2, 0.25) is 18.1 Å². The van der Waals surface area contributed by atoms with Crippen LogP contribution in [0.5, 0.6) is 0 Å². The Morgan fingerprint density at radius 3 is 2.53 bits per heavy atom. The van der Waals surface area contributed by atoms with Crippen LogP contribution in [0.15, 0.2) is 0 Å². The Morgan fingerprint density at radius 2 is 2.00 bits per heavy atom. The minimum Gasteiger partial charge on any atom is -0.466 e. The minimum atomic E-state index is -1.75. The zero-order valence-electron chi connectivity index (χ0n) is 13.1. The highest BCUT2D eigenvalue weighted by Crippen LogP contribution is 2.38. The third-order valence-electron chi connectivity index (χ3n) is 4.01. The smallest absolute Gasteiger partial charge is 0.308 e. The molecule has 1 saturated heterocycles. The normalized spacial score (nSPS) is 24.5. The van der Waals surface area contributed by atoms with Gasteiger partial charge in [0, 0.05) is 6.42 Å². The van der Waals surface area contributed by atoms with Gasteiger partial charge in [0.25, 0.3) is 0 Å². The molecule has 5 heteroatoms. The molecule has 1 fully saturated rings. The van der Waals surface area contributed by atoms with E-state index in [4.69, 9.17) is 13.9 Å². The van der Waals surface area contributed by atoms with Crippen LogP contribution in [0, 0.1) is 0 Å². The summed E-state index contributed by atoms with van der Waals surface area (Å²) in [5, 5.41) is 0.201. The van der Waals surface area contributed by atoms with E-state index in [0.717, 1.165) is 6.42 Å². The Kier molecular flexibility index (Phi) is 5.59. The van der Waals surface area contributed by atoms with Crippen LogP contribution in [-0.2, 0) is 18.7 Å². The Balaban J connectivity index is 2.42. The minimum absolute atomic E-state index is 0.0474. The van der Waals surface area contributed by atoms with Crippen molar-refractivity contribution >= 4 is 14.3 Å². The number of carbonyl (C=O) groups is 1. The zero-order valence-corrected chi connectivity index (χ0v) is 14.1. The van der Waals surface area contributed by atoms with Crippen LogP contribution < -0.4 is 0 Å². The molecule has 0 N–H and O–H groups in total. The molecule has 1 unspecified atom stereocenters. The third-order valence-corrected chi connectivity index (χ3v) is 8.55. The van der Waals surface area contributed by atoms with Gasteiger partial charge in [0.15, 0.2) is 8.32 Å². The highest BCUT2D eigenvalue weighted by Gasteiger charge is 2.41. The van der Waals surface area contributed by atoms with Crippen molar-refractivity contribution in [1.82, 2.24) is 0 Å². The molecule has 0 aromatic rings. The highest BCUT2D eigenvalue weighted by atomic mass is 28.4. The summed E-state index contributed by atoms with van der Waals surface area (Å²) in [7, 11) is -1.75. The molecule has 0 aliphatic carbocycles. The molecule has 0 amide bonds. The molecule has 1 aliphatic rings. The van der Waals surface area contributed by atoms with Crippen LogP contribution in [0.25, 0.3) is 0 Å². The van der Waals surface area contributed by atoms with Crippen molar-refractivity contribution < 1.29 is 18.7 Å². The van der Waals surface area contributed by atoms with Crippen molar-refractivity contribution in [3.63, 3.8) is 0 Å². The third kappa shape index (κ3) is 4.89. The molecule has 0 bridgehead atoms. The first kappa shape index (κ1) is 16.7. The zero-order chi connectivity index (χ0) is 14.7. The maximum atomic E-state index is 11.4. The number of hydrogen-bond donors (Lipinski definition) is 0. The van der Waals surface area contributed by atoms with Crippen LogP contribution in [0.4, 0.5) is 0 Å². The summed E-state index contributed by atoms with van der Waals surface area (Å²) < 4.78 is 16.9. The number of esters is 1. The predicted molar refractivity (Wildman–Crippen MR) is 77.7 cm³/mol. The topological polar surface area (TPSA) is 44.8 Å². The van der Waals surface area contributed by atoms with E-state index < -0.39 is 8.32 Å². The molecule has 0 saturated carbocycles. The van der Waals surface area contributed by atoms with Crippen LogP contribution in [-0.4, -0.2) is 39.7 Å². The number of rotatable bonds is 5. The van der Waals surface area contributed by atoms with Gasteiger partial charge in [-0.25, -0.2) is 0 Å². The molecular formula is C14H28O4Si. The molecule has 4 nitrogen and oxygen atoms in total. The van der Waals surface area contributed by atoms with Gasteiger partial charge in [0.05, 0.1) is 31.8 Å². The molecule has 0 aromatic heterocycles. The molecule has 112 valence electrons. The monoisotopic (exact) mass is 288 g/mol. The lowest BCUT2D eigenvalue weighted by atomic mass is 10.1. The second kappa shape index (κ2) is 6.37. The van der Waals surface area contributed by atoms with Crippen LogP contribution in [0.3, 0.4) is 0 Å². The van der Waals surface area contributed by atoms with Gasteiger partial charge >= 0.3 is 5.97 Å². The SMILES string of the molecule is CCOC(=O)CC1C[C@H](O[Si](C)(C)C(C)(C)C)CO1. The molecule has 0 spiro atoms. The number of ether oxygens (including phenoxy) is 2. The number of hydrogen-bond acceptors (Lipinski definition) is 4. The average Bonchev–Trinajstić information content (AvgIpc) is 2.63. The first-order valence-corrected chi connectivity index (χ1v) is 10.0. The molecule has 1 rings (SSSR count). The van der Waals surface area contributed by atoms with Crippen molar-refractivity contribution in [2.24, 2.45) is 0 Å².